The van der Waals surface area contributed by atoms with Crippen LogP contribution in [0, 0.1) is 3.57 Å². The molecular formula is C13H13ClIN3O. The molecule has 0 saturated heterocycles. The topological polar surface area (TPSA) is 46.9 Å². The molecule has 6 heteroatoms. The first-order valence-corrected chi connectivity index (χ1v) is 7.23. The number of carbonyl (C=O) groups excluding carboxylic acids is 1. The van der Waals surface area contributed by atoms with Crippen molar-refractivity contribution in [3.05, 3.63) is 50.3 Å². The maximum Gasteiger partial charge on any atom is 0.252 e. The highest BCUT2D eigenvalue weighted by Crippen LogP contribution is 2.17. The lowest BCUT2D eigenvalue weighted by Gasteiger charge is -2.06. The second-order valence-corrected chi connectivity index (χ2v) is 5.71. The lowest BCUT2D eigenvalue weighted by molar-refractivity contribution is 0.0953. The molecule has 0 unspecified atom stereocenters. The number of aromatic nitrogens is 2. The van der Waals surface area contributed by atoms with Crippen molar-refractivity contribution in [2.75, 3.05) is 6.54 Å². The van der Waals surface area contributed by atoms with E-state index in [1.807, 2.05) is 25.4 Å². The molecule has 1 amide bonds. The van der Waals surface area contributed by atoms with E-state index in [0.29, 0.717) is 23.6 Å². The number of rotatable bonds is 4. The van der Waals surface area contributed by atoms with Gasteiger partial charge < -0.3 is 5.32 Å². The quantitative estimate of drug-likeness (QED) is 0.817. The summed E-state index contributed by atoms with van der Waals surface area (Å²) in [7, 11) is 1.87. The molecule has 0 aliphatic heterocycles. The molecule has 2 rings (SSSR count). The van der Waals surface area contributed by atoms with E-state index < -0.39 is 0 Å². The van der Waals surface area contributed by atoms with Crippen LogP contribution in [0.5, 0.6) is 0 Å². The van der Waals surface area contributed by atoms with E-state index in [1.165, 1.54) is 0 Å². The van der Waals surface area contributed by atoms with E-state index in [-0.39, 0.29) is 5.91 Å². The summed E-state index contributed by atoms with van der Waals surface area (Å²) in [5.74, 6) is -0.108. The van der Waals surface area contributed by atoms with Crippen LogP contribution in [-0.4, -0.2) is 22.2 Å². The van der Waals surface area contributed by atoms with Gasteiger partial charge in [-0.05, 0) is 46.9 Å². The summed E-state index contributed by atoms with van der Waals surface area (Å²) in [6.45, 7) is 0.554. The summed E-state index contributed by atoms with van der Waals surface area (Å²) in [5, 5.41) is 7.69. The van der Waals surface area contributed by atoms with Crippen molar-refractivity contribution in [3.8, 4) is 0 Å². The van der Waals surface area contributed by atoms with Crippen LogP contribution in [0.4, 0.5) is 0 Å². The summed E-state index contributed by atoms with van der Waals surface area (Å²) in [6, 6.07) is 7.22. The highest BCUT2D eigenvalue weighted by atomic mass is 127. The van der Waals surface area contributed by atoms with Crippen molar-refractivity contribution in [2.24, 2.45) is 7.05 Å². The lowest BCUT2D eigenvalue weighted by Crippen LogP contribution is -2.26. The van der Waals surface area contributed by atoms with Crippen LogP contribution in [0.2, 0.25) is 5.02 Å². The average molecular weight is 390 g/mol. The van der Waals surface area contributed by atoms with Crippen LogP contribution >= 0.6 is 34.2 Å². The van der Waals surface area contributed by atoms with Gasteiger partial charge in [0.2, 0.25) is 0 Å². The van der Waals surface area contributed by atoms with Gasteiger partial charge >= 0.3 is 0 Å². The van der Waals surface area contributed by atoms with Crippen LogP contribution in [0.15, 0.2) is 30.5 Å². The fraction of sp³-hybridized carbons (Fsp3) is 0.231. The number of amides is 1. The number of hydrogen-bond acceptors (Lipinski definition) is 2. The first kappa shape index (κ1) is 14.3. The van der Waals surface area contributed by atoms with Crippen LogP contribution < -0.4 is 5.32 Å². The molecule has 0 aliphatic rings. The molecule has 0 atom stereocenters. The van der Waals surface area contributed by atoms with Crippen LogP contribution in [0.1, 0.15) is 16.1 Å². The number of benzene rings is 1. The van der Waals surface area contributed by atoms with Crippen LogP contribution in [0.3, 0.4) is 0 Å². The lowest BCUT2D eigenvalue weighted by atomic mass is 10.2. The summed E-state index contributed by atoms with van der Waals surface area (Å²) in [5.41, 5.74) is 1.57. The van der Waals surface area contributed by atoms with Crippen molar-refractivity contribution >= 4 is 40.1 Å². The Hall–Kier alpha value is -1.08. The minimum Gasteiger partial charge on any atom is -0.352 e. The van der Waals surface area contributed by atoms with Crippen molar-refractivity contribution < 1.29 is 4.79 Å². The van der Waals surface area contributed by atoms with Gasteiger partial charge in [0.05, 0.1) is 11.3 Å². The van der Waals surface area contributed by atoms with Crippen LogP contribution in [-0.2, 0) is 13.5 Å². The maximum absolute atomic E-state index is 12.0. The zero-order chi connectivity index (χ0) is 13.8. The molecule has 0 aliphatic carbocycles. The first-order chi connectivity index (χ1) is 9.06. The summed E-state index contributed by atoms with van der Waals surface area (Å²) < 4.78 is 2.63. The fourth-order valence-corrected chi connectivity index (χ4v) is 2.42. The van der Waals surface area contributed by atoms with E-state index in [1.54, 1.807) is 16.8 Å². The zero-order valence-corrected chi connectivity index (χ0v) is 13.3. The van der Waals surface area contributed by atoms with Gasteiger partial charge in [0.1, 0.15) is 0 Å². The number of nitrogens with zero attached hydrogens (tertiary/aromatic N) is 2. The third-order valence-corrected chi connectivity index (χ3v) is 3.78. The Labute approximate surface area is 130 Å². The van der Waals surface area contributed by atoms with Gasteiger partial charge in [-0.2, -0.15) is 5.10 Å². The van der Waals surface area contributed by atoms with Gasteiger partial charge in [0.15, 0.2) is 0 Å². The monoisotopic (exact) mass is 389 g/mol. The Kier molecular flexibility index (Phi) is 4.81. The van der Waals surface area contributed by atoms with Crippen LogP contribution in [0.25, 0.3) is 0 Å². The smallest absolute Gasteiger partial charge is 0.252 e. The molecule has 2 aromatic rings. The molecule has 0 bridgehead atoms. The first-order valence-electron chi connectivity index (χ1n) is 5.78. The molecular weight excluding hydrogens is 377 g/mol. The largest absolute Gasteiger partial charge is 0.352 e. The zero-order valence-electron chi connectivity index (χ0n) is 10.4. The highest BCUT2D eigenvalue weighted by Gasteiger charge is 2.10. The summed E-state index contributed by atoms with van der Waals surface area (Å²) in [4.78, 5) is 12.0. The fourth-order valence-electron chi connectivity index (χ4n) is 1.67. The molecule has 1 aromatic carbocycles. The highest BCUT2D eigenvalue weighted by molar-refractivity contribution is 14.1. The minimum absolute atomic E-state index is 0.108. The number of aryl methyl sites for hydroxylation is 1. The maximum atomic E-state index is 12.0. The van der Waals surface area contributed by atoms with Gasteiger partial charge in [-0.3, -0.25) is 9.48 Å². The minimum atomic E-state index is -0.108. The van der Waals surface area contributed by atoms with E-state index in [2.05, 4.69) is 33.0 Å². The predicted molar refractivity (Wildman–Crippen MR) is 83.4 cm³/mol. The normalized spacial score (nSPS) is 10.5. The molecule has 0 radical (unpaired) electrons. The van der Waals surface area contributed by atoms with Crippen molar-refractivity contribution in [2.45, 2.75) is 6.42 Å². The Morgan fingerprint density at radius 2 is 2.26 bits per heavy atom. The second-order valence-electron chi connectivity index (χ2n) is 4.11. The van der Waals surface area contributed by atoms with Gasteiger partial charge in [-0.25, -0.2) is 0 Å². The number of halogens is 2. The number of carbonyl (C=O) groups is 1. The molecule has 1 N–H and O–H groups in total. The molecule has 0 spiro atoms. The Morgan fingerprint density at radius 3 is 2.95 bits per heavy atom. The predicted octanol–water partition coefficient (Wildman–Crippen LogP) is 2.65. The third kappa shape index (κ3) is 3.94. The van der Waals surface area contributed by atoms with Crippen molar-refractivity contribution in [1.29, 1.82) is 0 Å². The third-order valence-electron chi connectivity index (χ3n) is 2.61. The second kappa shape index (κ2) is 6.38. The summed E-state index contributed by atoms with van der Waals surface area (Å²) in [6.07, 6.45) is 2.60. The number of hydrogen-bond donors (Lipinski definition) is 1. The van der Waals surface area contributed by atoms with Crippen molar-refractivity contribution in [1.82, 2.24) is 15.1 Å². The molecule has 1 aromatic heterocycles. The average Bonchev–Trinajstić information content (AvgIpc) is 2.78. The standard InChI is InChI=1S/C13H13ClIN3O/c1-18-7-5-10(17-18)4-6-16-13(19)11-8-9(14)2-3-12(11)15/h2-3,5,7-8H,4,6H2,1H3,(H,16,19). The van der Waals surface area contributed by atoms with Gasteiger partial charge in [-0.15, -0.1) is 0 Å². The number of nitrogens with one attached hydrogen (secondary N) is 1. The summed E-state index contributed by atoms with van der Waals surface area (Å²) >= 11 is 8.02. The molecule has 100 valence electrons. The van der Waals surface area contributed by atoms with Gasteiger partial charge in [0, 0.05) is 34.8 Å². The Morgan fingerprint density at radius 1 is 1.47 bits per heavy atom. The SMILES string of the molecule is Cn1ccc(CCNC(=O)c2cc(Cl)ccc2I)n1. The van der Waals surface area contributed by atoms with Crippen molar-refractivity contribution in [3.63, 3.8) is 0 Å². The molecule has 0 fully saturated rings. The molecule has 19 heavy (non-hydrogen) atoms. The Balaban J connectivity index is 1.92. The molecule has 1 heterocycles. The van der Waals surface area contributed by atoms with Gasteiger partial charge in [-0.1, -0.05) is 11.6 Å². The van der Waals surface area contributed by atoms with E-state index in [0.717, 1.165) is 9.26 Å². The van der Waals surface area contributed by atoms with E-state index >= 15 is 0 Å². The molecule has 0 saturated carbocycles. The van der Waals surface area contributed by atoms with Gasteiger partial charge in [0.25, 0.3) is 5.91 Å². The van der Waals surface area contributed by atoms with E-state index in [9.17, 15) is 4.79 Å². The molecule has 4 nitrogen and oxygen atoms in total. The van der Waals surface area contributed by atoms with E-state index in [4.69, 9.17) is 11.6 Å². The Bertz CT molecular complexity index is 597.